The molecule has 0 aromatic rings. The molecule has 0 saturated carbocycles. The van der Waals surface area contributed by atoms with Crippen LogP contribution in [0.4, 0.5) is 0 Å². The van der Waals surface area contributed by atoms with Crippen LogP contribution in [0.1, 0.15) is 57.8 Å². The van der Waals surface area contributed by atoms with Crippen molar-refractivity contribution < 1.29 is 24.8 Å². The van der Waals surface area contributed by atoms with E-state index in [-0.39, 0.29) is 13.2 Å². The lowest BCUT2D eigenvalue weighted by molar-refractivity contribution is -0.101. The maximum atomic E-state index is 9.76. The molecule has 1 aliphatic heterocycles. The van der Waals surface area contributed by atoms with Crippen LogP contribution in [-0.2, 0) is 9.47 Å². The fourth-order valence-corrected chi connectivity index (χ4v) is 2.89. The van der Waals surface area contributed by atoms with Gasteiger partial charge in [-0.05, 0) is 19.3 Å². The van der Waals surface area contributed by atoms with Crippen molar-refractivity contribution in [2.45, 2.75) is 82.2 Å². The highest BCUT2D eigenvalue weighted by Crippen LogP contribution is 2.20. The van der Waals surface area contributed by atoms with Gasteiger partial charge in [0.15, 0.2) is 0 Å². The van der Waals surface area contributed by atoms with Gasteiger partial charge in [-0.1, -0.05) is 44.6 Å². The molecule has 0 radical (unpaired) electrons. The summed E-state index contributed by atoms with van der Waals surface area (Å²) in [4.78, 5) is 0. The third-order valence-electron chi connectivity index (χ3n) is 4.37. The Morgan fingerprint density at radius 1 is 1.04 bits per heavy atom. The summed E-state index contributed by atoms with van der Waals surface area (Å²) in [5, 5.41) is 28.6. The Morgan fingerprint density at radius 3 is 2.17 bits per heavy atom. The Kier molecular flexibility index (Phi) is 11.5. The van der Waals surface area contributed by atoms with Crippen molar-refractivity contribution in [3.8, 4) is 0 Å². The van der Waals surface area contributed by atoms with Crippen molar-refractivity contribution in [2.75, 3.05) is 19.8 Å². The number of hydrogen-bond acceptors (Lipinski definition) is 5. The van der Waals surface area contributed by atoms with E-state index in [0.29, 0.717) is 6.61 Å². The van der Waals surface area contributed by atoms with Crippen molar-refractivity contribution in [1.82, 2.24) is 0 Å². The zero-order chi connectivity index (χ0) is 16.9. The molecule has 0 aromatic heterocycles. The van der Waals surface area contributed by atoms with Crippen molar-refractivity contribution in [1.29, 1.82) is 0 Å². The Balaban J connectivity index is 1.96. The van der Waals surface area contributed by atoms with E-state index in [4.69, 9.17) is 9.47 Å². The molecule has 1 fully saturated rings. The molecule has 136 valence electrons. The minimum Gasteiger partial charge on any atom is -0.394 e. The highest BCUT2D eigenvalue weighted by Gasteiger charge is 2.40. The summed E-state index contributed by atoms with van der Waals surface area (Å²) in [7, 11) is 0. The van der Waals surface area contributed by atoms with Crippen molar-refractivity contribution in [3.05, 3.63) is 12.7 Å². The van der Waals surface area contributed by atoms with Crippen molar-refractivity contribution in [3.63, 3.8) is 0 Å². The molecule has 1 rings (SSSR count). The van der Waals surface area contributed by atoms with Crippen LogP contribution in [0.5, 0.6) is 0 Å². The molecule has 0 bridgehead atoms. The van der Waals surface area contributed by atoms with E-state index in [1.165, 1.54) is 38.5 Å². The molecule has 3 N–H and O–H groups in total. The van der Waals surface area contributed by atoms with Gasteiger partial charge in [-0.2, -0.15) is 0 Å². The van der Waals surface area contributed by atoms with Crippen molar-refractivity contribution in [2.24, 2.45) is 0 Å². The first kappa shape index (κ1) is 20.6. The fraction of sp³-hybridized carbons (Fsp3) is 0.889. The summed E-state index contributed by atoms with van der Waals surface area (Å²) < 4.78 is 10.9. The lowest BCUT2D eigenvalue weighted by atomic mass is 10.1. The van der Waals surface area contributed by atoms with Crippen LogP contribution in [0.15, 0.2) is 12.7 Å². The summed E-state index contributed by atoms with van der Waals surface area (Å²) in [6, 6.07) is 0. The van der Waals surface area contributed by atoms with Crippen LogP contribution in [0.25, 0.3) is 0 Å². The second-order valence-electron chi connectivity index (χ2n) is 6.35. The normalized spacial score (nSPS) is 25.6. The van der Waals surface area contributed by atoms with E-state index in [2.05, 4.69) is 6.58 Å². The van der Waals surface area contributed by atoms with E-state index >= 15 is 0 Å². The predicted molar refractivity (Wildman–Crippen MR) is 90.3 cm³/mol. The van der Waals surface area contributed by atoms with Gasteiger partial charge in [0, 0.05) is 6.61 Å². The van der Waals surface area contributed by atoms with Crippen LogP contribution in [0, 0.1) is 0 Å². The topological polar surface area (TPSA) is 79.2 Å². The fourth-order valence-electron chi connectivity index (χ4n) is 2.89. The molecule has 1 aliphatic rings. The van der Waals surface area contributed by atoms with Gasteiger partial charge >= 0.3 is 0 Å². The molecule has 4 atom stereocenters. The maximum absolute atomic E-state index is 9.76. The van der Waals surface area contributed by atoms with Gasteiger partial charge in [-0.15, -0.1) is 6.58 Å². The first-order valence-electron chi connectivity index (χ1n) is 9.01. The summed E-state index contributed by atoms with van der Waals surface area (Å²) in [5.74, 6) is 0. The van der Waals surface area contributed by atoms with E-state index in [0.717, 1.165) is 19.3 Å². The zero-order valence-electron chi connectivity index (χ0n) is 14.2. The van der Waals surface area contributed by atoms with Gasteiger partial charge < -0.3 is 24.8 Å². The minimum absolute atomic E-state index is 0.0957. The van der Waals surface area contributed by atoms with Gasteiger partial charge in [0.05, 0.1) is 13.2 Å². The number of aliphatic hydroxyl groups excluding tert-OH is 3. The van der Waals surface area contributed by atoms with Gasteiger partial charge in [0.1, 0.15) is 24.4 Å². The molecular weight excluding hydrogens is 296 g/mol. The maximum Gasteiger partial charge on any atom is 0.114 e. The largest absolute Gasteiger partial charge is 0.394 e. The van der Waals surface area contributed by atoms with Crippen LogP contribution in [-0.4, -0.2) is 59.6 Å². The van der Waals surface area contributed by atoms with E-state index in [1.54, 1.807) is 0 Å². The Bertz CT molecular complexity index is 297. The number of hydrogen-bond donors (Lipinski definition) is 3. The van der Waals surface area contributed by atoms with Crippen LogP contribution < -0.4 is 0 Å². The molecule has 0 amide bonds. The average Bonchev–Trinajstić information content (AvgIpc) is 2.88. The number of allylic oxidation sites excluding steroid dienone is 1. The third-order valence-corrected chi connectivity index (χ3v) is 4.37. The Labute approximate surface area is 140 Å². The first-order chi connectivity index (χ1) is 11.2. The number of aliphatic hydroxyl groups is 3. The average molecular weight is 330 g/mol. The molecule has 23 heavy (non-hydrogen) atoms. The van der Waals surface area contributed by atoms with Gasteiger partial charge in [0.2, 0.25) is 0 Å². The second-order valence-corrected chi connectivity index (χ2v) is 6.35. The van der Waals surface area contributed by atoms with Crippen LogP contribution in [0.3, 0.4) is 0 Å². The van der Waals surface area contributed by atoms with Crippen LogP contribution in [0.2, 0.25) is 0 Å². The number of unbranched alkanes of at least 4 members (excludes halogenated alkanes) is 8. The molecule has 0 aliphatic carbocycles. The minimum atomic E-state index is -0.978. The molecule has 1 heterocycles. The monoisotopic (exact) mass is 330 g/mol. The summed E-state index contributed by atoms with van der Waals surface area (Å²) in [6.45, 7) is 4.16. The second kappa shape index (κ2) is 12.9. The smallest absolute Gasteiger partial charge is 0.114 e. The third kappa shape index (κ3) is 8.27. The van der Waals surface area contributed by atoms with E-state index in [9.17, 15) is 15.3 Å². The molecule has 5 heteroatoms. The molecular formula is C18H34O5. The molecule has 1 saturated heterocycles. The predicted octanol–water partition coefficient (Wildman–Crippen LogP) is 2.18. The molecule has 0 unspecified atom stereocenters. The highest BCUT2D eigenvalue weighted by atomic mass is 16.6. The number of rotatable bonds is 14. The van der Waals surface area contributed by atoms with Crippen molar-refractivity contribution >= 4 is 0 Å². The van der Waals surface area contributed by atoms with Gasteiger partial charge in [-0.25, -0.2) is 0 Å². The lowest BCUT2D eigenvalue weighted by Gasteiger charge is -2.24. The van der Waals surface area contributed by atoms with Gasteiger partial charge in [0.25, 0.3) is 0 Å². The summed E-state index contributed by atoms with van der Waals surface area (Å²) in [5.41, 5.74) is 0. The van der Waals surface area contributed by atoms with E-state index < -0.39 is 24.4 Å². The van der Waals surface area contributed by atoms with Gasteiger partial charge in [-0.3, -0.25) is 0 Å². The highest BCUT2D eigenvalue weighted by molar-refractivity contribution is 4.88. The lowest BCUT2D eigenvalue weighted by Crippen LogP contribution is -2.42. The standard InChI is InChI=1S/C18H34O5/c1-2-3-4-5-6-7-8-9-10-11-12-22-16(13-19)18-17(21)15(20)14-23-18/h2,15-21H,1,3-14H2/t15-,16+,17-,18-/m0/s1. The molecule has 0 spiro atoms. The number of ether oxygens (including phenoxy) is 2. The quantitative estimate of drug-likeness (QED) is 0.336. The molecule has 0 aromatic carbocycles. The van der Waals surface area contributed by atoms with E-state index in [1.807, 2.05) is 6.08 Å². The van der Waals surface area contributed by atoms with Crippen LogP contribution >= 0.6 is 0 Å². The summed E-state index contributed by atoms with van der Waals surface area (Å²) in [6.07, 6.45) is 9.70. The first-order valence-corrected chi connectivity index (χ1v) is 9.01. The Morgan fingerprint density at radius 2 is 1.65 bits per heavy atom. The zero-order valence-corrected chi connectivity index (χ0v) is 14.2. The SMILES string of the molecule is C=CCCCCCCCCCCO[C@H](CO)[C@@H]1OC[C@H](O)[C@@H]1O. The summed E-state index contributed by atoms with van der Waals surface area (Å²) >= 11 is 0. The Hall–Kier alpha value is -0.460. The molecule has 5 nitrogen and oxygen atoms in total.